The minimum absolute atomic E-state index is 0.0601. The monoisotopic (exact) mass is 361 g/mol. The molecule has 1 saturated carbocycles. The summed E-state index contributed by atoms with van der Waals surface area (Å²) in [5, 5.41) is 3.45. The molecule has 3 N–H and O–H groups in total. The van der Waals surface area contributed by atoms with Gasteiger partial charge in [0.1, 0.15) is 5.60 Å². The number of likely N-dealkylation sites (tertiary alicyclic amines) is 1. The Morgan fingerprint density at radius 3 is 2.58 bits per heavy atom. The van der Waals surface area contributed by atoms with Crippen molar-refractivity contribution in [3.05, 3.63) is 23.8 Å². The van der Waals surface area contributed by atoms with Gasteiger partial charge in [0, 0.05) is 18.5 Å². The van der Waals surface area contributed by atoms with E-state index >= 15 is 0 Å². The third-order valence-corrected chi connectivity index (χ3v) is 5.00. The predicted octanol–water partition coefficient (Wildman–Crippen LogP) is 2.87. The van der Waals surface area contributed by atoms with Crippen LogP contribution in [0.15, 0.2) is 18.2 Å². The van der Waals surface area contributed by atoms with Gasteiger partial charge in [0.25, 0.3) is 0 Å². The molecule has 0 unspecified atom stereocenters. The maximum Gasteiger partial charge on any atom is 0.410 e. The number of anilines is 2. The van der Waals surface area contributed by atoms with Gasteiger partial charge in [-0.25, -0.2) is 9.59 Å². The second-order valence-corrected chi connectivity index (χ2v) is 8.21. The molecule has 3 rings (SSSR count). The third kappa shape index (κ3) is 3.71. The molecule has 0 bridgehead atoms. The SMILES string of the molecule is COC(=O)c1ccc(N)c(N[C@H]2CN(C(=O)OC(C)(C)C)CC23CC3)c1. The Bertz CT molecular complexity index is 722. The van der Waals surface area contributed by atoms with E-state index in [1.165, 1.54) is 7.11 Å². The fourth-order valence-corrected chi connectivity index (χ4v) is 3.41. The number of nitrogens with zero attached hydrogens (tertiary/aromatic N) is 1. The first kappa shape index (κ1) is 18.4. The zero-order valence-electron chi connectivity index (χ0n) is 15.8. The Labute approximate surface area is 153 Å². The van der Waals surface area contributed by atoms with Crippen LogP contribution in [0.5, 0.6) is 0 Å². The fourth-order valence-electron chi connectivity index (χ4n) is 3.41. The second kappa shape index (κ2) is 6.37. The summed E-state index contributed by atoms with van der Waals surface area (Å²) >= 11 is 0. The number of esters is 1. The number of carbonyl (C=O) groups excluding carboxylic acids is 2. The van der Waals surface area contributed by atoms with Crippen LogP contribution in [0.4, 0.5) is 16.2 Å². The number of ether oxygens (including phenoxy) is 2. The molecule has 1 amide bonds. The highest BCUT2D eigenvalue weighted by atomic mass is 16.6. The molecule has 1 aromatic rings. The Kier molecular flexibility index (Phi) is 4.50. The molecule has 1 aliphatic heterocycles. The lowest BCUT2D eigenvalue weighted by Gasteiger charge is -2.24. The molecule has 1 aliphatic carbocycles. The summed E-state index contributed by atoms with van der Waals surface area (Å²) in [5.41, 5.74) is 7.31. The molecular formula is C19H27N3O4. The lowest BCUT2D eigenvalue weighted by atomic mass is 10.00. The molecule has 2 fully saturated rings. The number of hydrogen-bond donors (Lipinski definition) is 2. The summed E-state index contributed by atoms with van der Waals surface area (Å²) in [6.07, 6.45) is 1.82. The number of nitrogens with one attached hydrogen (secondary N) is 1. The Morgan fingerprint density at radius 2 is 2.00 bits per heavy atom. The van der Waals surface area contributed by atoms with E-state index in [9.17, 15) is 9.59 Å². The quantitative estimate of drug-likeness (QED) is 0.635. The van der Waals surface area contributed by atoms with Crippen LogP contribution >= 0.6 is 0 Å². The average molecular weight is 361 g/mol. The molecule has 0 radical (unpaired) electrons. The molecule has 1 spiro atoms. The van der Waals surface area contributed by atoms with Crippen LogP contribution in [0.3, 0.4) is 0 Å². The Hall–Kier alpha value is -2.44. The topological polar surface area (TPSA) is 93.9 Å². The van der Waals surface area contributed by atoms with Crippen LogP contribution in [0.2, 0.25) is 0 Å². The first-order valence-electron chi connectivity index (χ1n) is 8.86. The van der Waals surface area contributed by atoms with E-state index < -0.39 is 11.6 Å². The second-order valence-electron chi connectivity index (χ2n) is 8.21. The minimum Gasteiger partial charge on any atom is -0.465 e. The lowest BCUT2D eigenvalue weighted by molar-refractivity contribution is 0.0285. The van der Waals surface area contributed by atoms with Crippen LogP contribution in [0.25, 0.3) is 0 Å². The van der Waals surface area contributed by atoms with Crippen molar-refractivity contribution in [2.75, 3.05) is 31.2 Å². The molecule has 142 valence electrons. The number of methoxy groups -OCH3 is 1. The third-order valence-electron chi connectivity index (χ3n) is 5.00. The molecule has 2 aliphatic rings. The van der Waals surface area contributed by atoms with Gasteiger partial charge in [-0.05, 0) is 51.8 Å². The summed E-state index contributed by atoms with van der Waals surface area (Å²) in [6, 6.07) is 5.11. The van der Waals surface area contributed by atoms with E-state index in [4.69, 9.17) is 15.2 Å². The van der Waals surface area contributed by atoms with Crippen LogP contribution in [0.1, 0.15) is 44.0 Å². The van der Waals surface area contributed by atoms with Crippen molar-refractivity contribution in [1.29, 1.82) is 0 Å². The van der Waals surface area contributed by atoms with Crippen LogP contribution < -0.4 is 11.1 Å². The van der Waals surface area contributed by atoms with Crippen molar-refractivity contribution in [2.45, 2.75) is 45.3 Å². The molecule has 26 heavy (non-hydrogen) atoms. The maximum absolute atomic E-state index is 12.4. The summed E-state index contributed by atoms with van der Waals surface area (Å²) in [4.78, 5) is 25.9. The summed E-state index contributed by atoms with van der Waals surface area (Å²) < 4.78 is 10.3. The van der Waals surface area contributed by atoms with Crippen molar-refractivity contribution in [3.63, 3.8) is 0 Å². The van der Waals surface area contributed by atoms with Gasteiger partial charge in [-0.3, -0.25) is 0 Å². The normalized spacial score (nSPS) is 20.8. The molecule has 1 heterocycles. The zero-order chi connectivity index (χ0) is 19.1. The highest BCUT2D eigenvalue weighted by Crippen LogP contribution is 2.54. The average Bonchev–Trinajstić information content (AvgIpc) is 3.24. The molecule has 1 aromatic carbocycles. The number of hydrogen-bond acceptors (Lipinski definition) is 6. The van der Waals surface area contributed by atoms with Gasteiger partial charge >= 0.3 is 12.1 Å². The minimum atomic E-state index is -0.515. The molecule has 7 nitrogen and oxygen atoms in total. The number of rotatable bonds is 3. The Balaban J connectivity index is 1.74. The van der Waals surface area contributed by atoms with Crippen molar-refractivity contribution in [2.24, 2.45) is 5.41 Å². The highest BCUT2D eigenvalue weighted by Gasteiger charge is 2.56. The van der Waals surface area contributed by atoms with E-state index in [2.05, 4.69) is 5.32 Å². The first-order valence-corrected chi connectivity index (χ1v) is 8.86. The van der Waals surface area contributed by atoms with Crippen LogP contribution in [0, 0.1) is 5.41 Å². The number of amides is 1. The molecule has 0 aromatic heterocycles. The molecule has 1 saturated heterocycles. The van der Waals surface area contributed by atoms with Gasteiger partial charge in [-0.1, -0.05) is 0 Å². The summed E-state index contributed by atoms with van der Waals surface area (Å²) in [7, 11) is 1.35. The highest BCUT2D eigenvalue weighted by molar-refractivity contribution is 5.92. The standard InChI is InChI=1S/C19H27N3O4/c1-18(2,3)26-17(24)22-10-15(19(11-22)7-8-19)21-14-9-12(16(23)25-4)5-6-13(14)20/h5-6,9,15,21H,7-8,10-11,20H2,1-4H3/t15-/m0/s1. The number of nitrogen functional groups attached to an aromatic ring is 1. The van der Waals surface area contributed by atoms with E-state index in [0.717, 1.165) is 12.8 Å². The van der Waals surface area contributed by atoms with Crippen molar-refractivity contribution in [1.82, 2.24) is 4.90 Å². The molecular weight excluding hydrogens is 334 g/mol. The predicted molar refractivity (Wildman–Crippen MR) is 99.1 cm³/mol. The first-order chi connectivity index (χ1) is 12.1. The smallest absolute Gasteiger partial charge is 0.410 e. The number of benzene rings is 1. The van der Waals surface area contributed by atoms with Crippen molar-refractivity contribution < 1.29 is 19.1 Å². The largest absolute Gasteiger partial charge is 0.465 e. The van der Waals surface area contributed by atoms with Crippen LogP contribution in [-0.4, -0.2) is 48.8 Å². The van der Waals surface area contributed by atoms with Crippen molar-refractivity contribution >= 4 is 23.4 Å². The van der Waals surface area contributed by atoms with Gasteiger partial charge in [-0.2, -0.15) is 0 Å². The van der Waals surface area contributed by atoms with Gasteiger partial charge in [0.2, 0.25) is 0 Å². The van der Waals surface area contributed by atoms with E-state index in [0.29, 0.717) is 30.0 Å². The number of nitrogens with two attached hydrogens (primary N) is 1. The van der Waals surface area contributed by atoms with E-state index in [1.807, 2.05) is 20.8 Å². The summed E-state index contributed by atoms with van der Waals surface area (Å²) in [5.74, 6) is -0.406. The number of carbonyl (C=O) groups is 2. The van der Waals surface area contributed by atoms with Gasteiger partial charge < -0.3 is 25.4 Å². The zero-order valence-corrected chi connectivity index (χ0v) is 15.8. The lowest BCUT2D eigenvalue weighted by Crippen LogP contribution is -2.36. The van der Waals surface area contributed by atoms with Crippen LogP contribution in [-0.2, 0) is 9.47 Å². The van der Waals surface area contributed by atoms with Gasteiger partial charge in [0.05, 0.1) is 30.1 Å². The molecule has 1 atom stereocenters. The van der Waals surface area contributed by atoms with E-state index in [-0.39, 0.29) is 17.6 Å². The van der Waals surface area contributed by atoms with Gasteiger partial charge in [0.15, 0.2) is 0 Å². The fraction of sp³-hybridized carbons (Fsp3) is 0.579. The van der Waals surface area contributed by atoms with Gasteiger partial charge in [-0.15, -0.1) is 0 Å². The Morgan fingerprint density at radius 1 is 1.31 bits per heavy atom. The van der Waals surface area contributed by atoms with Crippen molar-refractivity contribution in [3.8, 4) is 0 Å². The molecule has 7 heteroatoms. The summed E-state index contributed by atoms with van der Waals surface area (Å²) in [6.45, 7) is 6.82. The maximum atomic E-state index is 12.4. The van der Waals surface area contributed by atoms with E-state index in [1.54, 1.807) is 23.1 Å².